The fourth-order valence-corrected chi connectivity index (χ4v) is 2.50. The molecule has 0 unspecified atom stereocenters. The van der Waals surface area contributed by atoms with E-state index in [9.17, 15) is 0 Å². The van der Waals surface area contributed by atoms with Crippen LogP contribution < -0.4 is 0 Å². The zero-order valence-electron chi connectivity index (χ0n) is 11.0. The van der Waals surface area contributed by atoms with Gasteiger partial charge in [-0.25, -0.2) is 9.97 Å². The molecule has 0 spiro atoms. The van der Waals surface area contributed by atoms with Gasteiger partial charge in [-0.1, -0.05) is 30.3 Å². The molecule has 0 aliphatic heterocycles. The summed E-state index contributed by atoms with van der Waals surface area (Å²) in [6.07, 6.45) is 3.38. The van der Waals surface area contributed by atoms with E-state index in [4.69, 9.17) is 4.98 Å². The fourth-order valence-electron chi connectivity index (χ4n) is 2.50. The summed E-state index contributed by atoms with van der Waals surface area (Å²) in [5, 5.41) is 2.34. The van der Waals surface area contributed by atoms with E-state index in [1.807, 2.05) is 19.1 Å². The summed E-state index contributed by atoms with van der Waals surface area (Å²) in [7, 11) is 0. The number of nitrogens with zero attached hydrogens (tertiary/aromatic N) is 3. The second-order valence-electron chi connectivity index (χ2n) is 4.76. The van der Waals surface area contributed by atoms with Crippen LogP contribution in [0.2, 0.25) is 0 Å². The van der Waals surface area contributed by atoms with Crippen molar-refractivity contribution in [3.8, 4) is 11.5 Å². The molecule has 2 aromatic heterocycles. The number of fused-ring (bicyclic) bond motifs is 3. The van der Waals surface area contributed by atoms with Gasteiger partial charge in [0.2, 0.25) is 0 Å². The van der Waals surface area contributed by atoms with Gasteiger partial charge in [0.05, 0.1) is 16.7 Å². The molecule has 0 radical (unpaired) electrons. The van der Waals surface area contributed by atoms with E-state index in [-0.39, 0.29) is 0 Å². The number of rotatable bonds is 1. The van der Waals surface area contributed by atoms with Gasteiger partial charge in [-0.15, -0.1) is 0 Å². The number of hydrogen-bond acceptors (Lipinski definition) is 3. The lowest BCUT2D eigenvalue weighted by atomic mass is 10.1. The minimum absolute atomic E-state index is 0.766. The lowest BCUT2D eigenvalue weighted by Gasteiger charge is -1.98. The number of aryl methyl sites for hydroxylation is 1. The van der Waals surface area contributed by atoms with Crippen LogP contribution in [0.4, 0.5) is 0 Å². The smallest absolute Gasteiger partial charge is 0.159 e. The predicted octanol–water partition coefficient (Wildman–Crippen LogP) is 3.48. The maximum atomic E-state index is 4.71. The van der Waals surface area contributed by atoms with Crippen LogP contribution in [0.3, 0.4) is 0 Å². The van der Waals surface area contributed by atoms with Crippen molar-refractivity contribution in [1.82, 2.24) is 19.9 Å². The van der Waals surface area contributed by atoms with Gasteiger partial charge < -0.3 is 4.98 Å². The molecular weight excluding hydrogens is 248 g/mol. The van der Waals surface area contributed by atoms with E-state index in [0.29, 0.717) is 0 Å². The van der Waals surface area contributed by atoms with E-state index in [1.165, 1.54) is 5.39 Å². The molecule has 4 nitrogen and oxygen atoms in total. The third kappa shape index (κ3) is 1.58. The van der Waals surface area contributed by atoms with E-state index >= 15 is 0 Å². The number of hydrogen-bond donors (Lipinski definition) is 1. The van der Waals surface area contributed by atoms with Gasteiger partial charge in [0, 0.05) is 17.8 Å². The molecule has 4 heteroatoms. The Kier molecular flexibility index (Phi) is 2.29. The molecule has 4 aromatic rings. The number of H-pyrrole nitrogens is 1. The molecule has 0 atom stereocenters. The highest BCUT2D eigenvalue weighted by Crippen LogP contribution is 2.26. The van der Waals surface area contributed by atoms with Crippen molar-refractivity contribution in [3.05, 3.63) is 54.5 Å². The molecule has 0 saturated heterocycles. The van der Waals surface area contributed by atoms with Crippen molar-refractivity contribution in [2.24, 2.45) is 0 Å². The second-order valence-corrected chi connectivity index (χ2v) is 4.76. The van der Waals surface area contributed by atoms with E-state index in [1.54, 1.807) is 12.4 Å². The van der Waals surface area contributed by atoms with Gasteiger partial charge in [0.25, 0.3) is 0 Å². The van der Waals surface area contributed by atoms with Crippen molar-refractivity contribution in [3.63, 3.8) is 0 Å². The average Bonchev–Trinajstić information content (AvgIpc) is 2.92. The van der Waals surface area contributed by atoms with Gasteiger partial charge in [-0.3, -0.25) is 4.98 Å². The molecule has 0 aliphatic carbocycles. The van der Waals surface area contributed by atoms with Gasteiger partial charge in [-0.2, -0.15) is 0 Å². The normalized spacial score (nSPS) is 11.2. The molecule has 2 aromatic carbocycles. The van der Waals surface area contributed by atoms with E-state index in [0.717, 1.165) is 33.6 Å². The molecule has 0 amide bonds. The quantitative estimate of drug-likeness (QED) is 0.570. The number of benzene rings is 2. The molecule has 1 N–H and O–H groups in total. The summed E-state index contributed by atoms with van der Waals surface area (Å²) in [4.78, 5) is 16.7. The van der Waals surface area contributed by atoms with Gasteiger partial charge in [-0.05, 0) is 18.4 Å². The summed E-state index contributed by atoms with van der Waals surface area (Å²) in [5.74, 6) is 0.766. The Labute approximate surface area is 115 Å². The number of aromatic nitrogens is 4. The minimum atomic E-state index is 0.766. The predicted molar refractivity (Wildman–Crippen MR) is 79.4 cm³/mol. The minimum Gasteiger partial charge on any atom is -0.337 e. The van der Waals surface area contributed by atoms with Gasteiger partial charge in [0.1, 0.15) is 5.69 Å². The Bertz CT molecular complexity index is 924. The number of aromatic amines is 1. The molecular formula is C16H12N4. The van der Waals surface area contributed by atoms with Crippen molar-refractivity contribution in [2.45, 2.75) is 6.92 Å². The van der Waals surface area contributed by atoms with Crippen LogP contribution in [-0.2, 0) is 0 Å². The van der Waals surface area contributed by atoms with Crippen molar-refractivity contribution in [1.29, 1.82) is 0 Å². The summed E-state index contributed by atoms with van der Waals surface area (Å²) < 4.78 is 0. The molecule has 0 saturated carbocycles. The monoisotopic (exact) mass is 260 g/mol. The molecule has 20 heavy (non-hydrogen) atoms. The first kappa shape index (κ1) is 11.1. The second kappa shape index (κ2) is 4.13. The first-order chi connectivity index (χ1) is 9.83. The maximum Gasteiger partial charge on any atom is 0.159 e. The number of imidazole rings is 1. The van der Waals surface area contributed by atoms with Crippen molar-refractivity contribution >= 4 is 21.8 Å². The molecule has 0 fully saturated rings. The Morgan fingerprint density at radius 1 is 0.950 bits per heavy atom. The van der Waals surface area contributed by atoms with Crippen molar-refractivity contribution in [2.75, 3.05) is 0 Å². The third-order valence-electron chi connectivity index (χ3n) is 3.48. The van der Waals surface area contributed by atoms with Crippen LogP contribution in [0.15, 0.2) is 48.8 Å². The molecule has 0 aliphatic rings. The largest absolute Gasteiger partial charge is 0.337 e. The highest BCUT2D eigenvalue weighted by Gasteiger charge is 2.11. The van der Waals surface area contributed by atoms with Crippen LogP contribution in [-0.4, -0.2) is 19.9 Å². The Hall–Kier alpha value is -2.75. The summed E-state index contributed by atoms with van der Waals surface area (Å²) in [6.45, 7) is 1.94. The Balaban J connectivity index is 2.04. The first-order valence-electron chi connectivity index (χ1n) is 6.48. The topological polar surface area (TPSA) is 54.5 Å². The summed E-state index contributed by atoms with van der Waals surface area (Å²) >= 11 is 0. The van der Waals surface area contributed by atoms with Crippen LogP contribution in [0, 0.1) is 6.92 Å². The van der Waals surface area contributed by atoms with Crippen LogP contribution >= 0.6 is 0 Å². The third-order valence-corrected chi connectivity index (χ3v) is 3.48. The summed E-state index contributed by atoms with van der Waals surface area (Å²) in [6, 6.07) is 12.4. The molecule has 96 valence electrons. The molecule has 0 bridgehead atoms. The van der Waals surface area contributed by atoms with Crippen LogP contribution in [0.1, 0.15) is 5.69 Å². The molecule has 4 rings (SSSR count). The highest BCUT2D eigenvalue weighted by molar-refractivity contribution is 6.04. The Morgan fingerprint density at radius 2 is 1.80 bits per heavy atom. The molecule has 2 heterocycles. The Morgan fingerprint density at radius 3 is 2.70 bits per heavy atom. The average molecular weight is 260 g/mol. The zero-order valence-corrected chi connectivity index (χ0v) is 11.0. The highest BCUT2D eigenvalue weighted by atomic mass is 15.0. The van der Waals surface area contributed by atoms with Gasteiger partial charge >= 0.3 is 0 Å². The summed E-state index contributed by atoms with van der Waals surface area (Å²) in [5.41, 5.74) is 3.66. The maximum absolute atomic E-state index is 4.71. The first-order valence-corrected chi connectivity index (χ1v) is 6.48. The van der Waals surface area contributed by atoms with E-state index in [2.05, 4.69) is 39.2 Å². The van der Waals surface area contributed by atoms with E-state index < -0.39 is 0 Å². The lowest BCUT2D eigenvalue weighted by molar-refractivity contribution is 1.10. The van der Waals surface area contributed by atoms with Crippen molar-refractivity contribution < 1.29 is 0 Å². The van der Waals surface area contributed by atoms with Gasteiger partial charge in [0.15, 0.2) is 5.82 Å². The SMILES string of the molecule is Cc1nccnc1-c1nc2c(ccc3ccccc32)[nH]1. The zero-order chi connectivity index (χ0) is 13.5. The fraction of sp³-hybridized carbons (Fsp3) is 0.0625. The standard InChI is InChI=1S/C16H12N4/c1-10-14(18-9-8-17-10)16-19-13-7-6-11-4-2-3-5-12(11)15(13)20-16/h2-9H,1H3,(H,19,20). The number of nitrogens with one attached hydrogen (secondary N) is 1. The van der Waals surface area contributed by atoms with Crippen LogP contribution in [0.25, 0.3) is 33.3 Å². The van der Waals surface area contributed by atoms with Crippen LogP contribution in [0.5, 0.6) is 0 Å². The lowest BCUT2D eigenvalue weighted by Crippen LogP contribution is -1.91.